The average Bonchev–Trinajstić information content (AvgIpc) is 2.95. The third-order valence-electron chi connectivity index (χ3n) is 2.97. The fourth-order valence-electron chi connectivity index (χ4n) is 1.87. The SMILES string of the molecule is O=[N+]([O-])c1ccc(NN=Cc2cc3c(cc2Br)OCO3)cc1. The van der Waals surface area contributed by atoms with E-state index in [0.29, 0.717) is 17.2 Å². The maximum Gasteiger partial charge on any atom is 0.269 e. The summed E-state index contributed by atoms with van der Waals surface area (Å²) in [5.41, 5.74) is 4.31. The van der Waals surface area contributed by atoms with E-state index in [2.05, 4.69) is 26.5 Å². The number of nitrogens with zero attached hydrogens (tertiary/aromatic N) is 2. The Hall–Kier alpha value is -2.61. The van der Waals surface area contributed by atoms with Gasteiger partial charge in [-0.15, -0.1) is 0 Å². The zero-order valence-corrected chi connectivity index (χ0v) is 12.7. The van der Waals surface area contributed by atoms with Crippen molar-refractivity contribution in [1.29, 1.82) is 0 Å². The van der Waals surface area contributed by atoms with Gasteiger partial charge >= 0.3 is 0 Å². The van der Waals surface area contributed by atoms with E-state index in [4.69, 9.17) is 9.47 Å². The molecule has 0 aromatic heterocycles. The molecule has 0 radical (unpaired) electrons. The number of anilines is 1. The van der Waals surface area contributed by atoms with Crippen LogP contribution in [0.3, 0.4) is 0 Å². The first-order valence-electron chi connectivity index (χ1n) is 6.26. The molecular weight excluding hydrogens is 354 g/mol. The van der Waals surface area contributed by atoms with E-state index in [1.54, 1.807) is 18.3 Å². The van der Waals surface area contributed by atoms with E-state index in [9.17, 15) is 10.1 Å². The highest BCUT2D eigenvalue weighted by Crippen LogP contribution is 2.36. The Balaban J connectivity index is 1.71. The number of rotatable bonds is 4. The van der Waals surface area contributed by atoms with E-state index >= 15 is 0 Å². The van der Waals surface area contributed by atoms with Crippen molar-refractivity contribution in [3.63, 3.8) is 0 Å². The van der Waals surface area contributed by atoms with Crippen LogP contribution in [-0.2, 0) is 0 Å². The third-order valence-corrected chi connectivity index (χ3v) is 3.65. The van der Waals surface area contributed by atoms with Gasteiger partial charge in [0, 0.05) is 22.2 Å². The van der Waals surface area contributed by atoms with Crippen LogP contribution in [0.25, 0.3) is 0 Å². The fourth-order valence-corrected chi connectivity index (χ4v) is 2.29. The lowest BCUT2D eigenvalue weighted by atomic mass is 10.2. The smallest absolute Gasteiger partial charge is 0.269 e. The van der Waals surface area contributed by atoms with Crippen molar-refractivity contribution in [2.75, 3.05) is 12.2 Å². The van der Waals surface area contributed by atoms with Crippen molar-refractivity contribution in [2.45, 2.75) is 0 Å². The summed E-state index contributed by atoms with van der Waals surface area (Å²) in [6.45, 7) is 0.212. The van der Waals surface area contributed by atoms with Crippen molar-refractivity contribution < 1.29 is 14.4 Å². The summed E-state index contributed by atoms with van der Waals surface area (Å²) in [5.74, 6) is 1.35. The van der Waals surface area contributed by atoms with Crippen molar-refractivity contribution in [2.24, 2.45) is 5.10 Å². The lowest BCUT2D eigenvalue weighted by Gasteiger charge is -2.02. The summed E-state index contributed by atoms with van der Waals surface area (Å²) in [5, 5.41) is 14.7. The summed E-state index contributed by atoms with van der Waals surface area (Å²) in [6.07, 6.45) is 1.62. The van der Waals surface area contributed by atoms with Crippen LogP contribution in [0.4, 0.5) is 11.4 Å². The highest BCUT2D eigenvalue weighted by molar-refractivity contribution is 9.10. The topological polar surface area (TPSA) is 86.0 Å². The number of ether oxygens (including phenoxy) is 2. The summed E-state index contributed by atoms with van der Waals surface area (Å²) < 4.78 is 11.4. The Labute approximate surface area is 133 Å². The van der Waals surface area contributed by atoms with Gasteiger partial charge in [0.25, 0.3) is 5.69 Å². The van der Waals surface area contributed by atoms with Gasteiger partial charge in [0.2, 0.25) is 6.79 Å². The average molecular weight is 364 g/mol. The van der Waals surface area contributed by atoms with Crippen molar-refractivity contribution in [1.82, 2.24) is 0 Å². The maximum absolute atomic E-state index is 10.6. The van der Waals surface area contributed by atoms with E-state index in [1.807, 2.05) is 12.1 Å². The molecule has 0 saturated heterocycles. The first-order chi connectivity index (χ1) is 10.6. The second-order valence-corrected chi connectivity index (χ2v) is 5.26. The van der Waals surface area contributed by atoms with Gasteiger partial charge in [-0.3, -0.25) is 15.5 Å². The van der Waals surface area contributed by atoms with Gasteiger partial charge in [-0.05, 0) is 40.2 Å². The highest BCUT2D eigenvalue weighted by atomic mass is 79.9. The quantitative estimate of drug-likeness (QED) is 0.510. The second-order valence-electron chi connectivity index (χ2n) is 4.40. The number of hydrazone groups is 1. The number of hydrogen-bond donors (Lipinski definition) is 1. The van der Waals surface area contributed by atoms with Gasteiger partial charge in [0.15, 0.2) is 11.5 Å². The van der Waals surface area contributed by atoms with Crippen LogP contribution in [-0.4, -0.2) is 17.9 Å². The minimum Gasteiger partial charge on any atom is -0.454 e. The van der Waals surface area contributed by atoms with Crippen LogP contribution in [0.1, 0.15) is 5.56 Å². The summed E-state index contributed by atoms with van der Waals surface area (Å²) in [6, 6.07) is 9.63. The van der Waals surface area contributed by atoms with Crippen molar-refractivity contribution in [3.05, 3.63) is 56.5 Å². The Morgan fingerprint density at radius 1 is 1.23 bits per heavy atom. The van der Waals surface area contributed by atoms with E-state index < -0.39 is 4.92 Å². The molecule has 0 saturated carbocycles. The number of benzene rings is 2. The van der Waals surface area contributed by atoms with Crippen LogP contribution in [0.5, 0.6) is 11.5 Å². The lowest BCUT2D eigenvalue weighted by molar-refractivity contribution is -0.384. The lowest BCUT2D eigenvalue weighted by Crippen LogP contribution is -1.93. The third kappa shape index (κ3) is 3.01. The Kier molecular flexibility index (Phi) is 3.92. The Bertz CT molecular complexity index is 746. The number of nitro groups is 1. The summed E-state index contributed by atoms with van der Waals surface area (Å²) in [7, 11) is 0. The van der Waals surface area contributed by atoms with E-state index in [-0.39, 0.29) is 12.5 Å². The molecule has 0 bridgehead atoms. The maximum atomic E-state index is 10.6. The van der Waals surface area contributed by atoms with Crippen LogP contribution in [0.2, 0.25) is 0 Å². The molecule has 0 unspecified atom stereocenters. The predicted molar refractivity (Wildman–Crippen MR) is 84.6 cm³/mol. The number of hydrogen-bond acceptors (Lipinski definition) is 6. The molecule has 1 aliphatic heterocycles. The normalized spacial score (nSPS) is 12.6. The number of non-ortho nitro benzene ring substituents is 1. The zero-order chi connectivity index (χ0) is 15.5. The van der Waals surface area contributed by atoms with E-state index in [0.717, 1.165) is 10.0 Å². The number of nitro benzene ring substituents is 1. The largest absolute Gasteiger partial charge is 0.454 e. The summed E-state index contributed by atoms with van der Waals surface area (Å²) in [4.78, 5) is 10.1. The molecule has 2 aromatic rings. The molecule has 7 nitrogen and oxygen atoms in total. The zero-order valence-electron chi connectivity index (χ0n) is 11.2. The Morgan fingerprint density at radius 2 is 1.91 bits per heavy atom. The highest BCUT2D eigenvalue weighted by Gasteiger charge is 2.15. The van der Waals surface area contributed by atoms with Crippen molar-refractivity contribution >= 4 is 33.5 Å². The van der Waals surface area contributed by atoms with Gasteiger partial charge in [0.1, 0.15) is 0 Å². The van der Waals surface area contributed by atoms with E-state index in [1.165, 1.54) is 12.1 Å². The Morgan fingerprint density at radius 3 is 2.59 bits per heavy atom. The molecule has 0 fully saturated rings. The predicted octanol–water partition coefficient (Wildman–Crippen LogP) is 3.53. The molecule has 0 amide bonds. The molecule has 3 rings (SSSR count). The van der Waals surface area contributed by atoms with Gasteiger partial charge in [0.05, 0.1) is 16.8 Å². The number of fused-ring (bicyclic) bond motifs is 1. The monoisotopic (exact) mass is 363 g/mol. The second kappa shape index (κ2) is 6.02. The molecule has 8 heteroatoms. The van der Waals surface area contributed by atoms with Crippen LogP contribution in [0, 0.1) is 10.1 Å². The molecule has 0 aliphatic carbocycles. The molecule has 0 spiro atoms. The van der Waals surface area contributed by atoms with Crippen molar-refractivity contribution in [3.8, 4) is 11.5 Å². The first-order valence-corrected chi connectivity index (χ1v) is 7.05. The van der Waals surface area contributed by atoms with Gasteiger partial charge in [-0.2, -0.15) is 5.10 Å². The minimum atomic E-state index is -0.448. The fraction of sp³-hybridized carbons (Fsp3) is 0.0714. The number of halogens is 1. The molecule has 1 N–H and O–H groups in total. The molecule has 1 aliphatic rings. The van der Waals surface area contributed by atoms with Gasteiger partial charge in [-0.25, -0.2) is 0 Å². The van der Waals surface area contributed by atoms with Gasteiger partial charge in [-0.1, -0.05) is 0 Å². The molecule has 1 heterocycles. The molecular formula is C14H10BrN3O4. The molecule has 112 valence electrons. The van der Waals surface area contributed by atoms with Crippen LogP contribution in [0.15, 0.2) is 46.0 Å². The van der Waals surface area contributed by atoms with Gasteiger partial charge < -0.3 is 9.47 Å². The van der Waals surface area contributed by atoms with Crippen LogP contribution >= 0.6 is 15.9 Å². The molecule has 0 atom stereocenters. The number of nitrogens with one attached hydrogen (secondary N) is 1. The first kappa shape index (κ1) is 14.3. The van der Waals surface area contributed by atoms with Crippen LogP contribution < -0.4 is 14.9 Å². The standard InChI is InChI=1S/C14H10BrN3O4/c15-12-6-14-13(21-8-22-14)5-9(12)7-16-17-10-1-3-11(4-2-10)18(19)20/h1-7,17H,8H2. The minimum absolute atomic E-state index is 0.0352. The molecule has 22 heavy (non-hydrogen) atoms. The summed E-state index contributed by atoms with van der Waals surface area (Å²) >= 11 is 3.43. The molecule has 2 aromatic carbocycles.